The standard InChI is InChI=1S/C21H30N6O/c1-4-5-10-26(3)20-15-19(22-16-23-20)21(28)24-17-6-8-18(9-7-17)27-13-11-25(2)12-14-27/h6-9,15-16H,4-5,10-14H2,1-3H3,(H,24,28). The maximum atomic E-state index is 12.6. The molecule has 1 aliphatic rings. The Balaban J connectivity index is 1.61. The van der Waals surface area contributed by atoms with Gasteiger partial charge in [0.05, 0.1) is 0 Å². The summed E-state index contributed by atoms with van der Waals surface area (Å²) in [5.74, 6) is 0.541. The number of amides is 1. The summed E-state index contributed by atoms with van der Waals surface area (Å²) in [5.41, 5.74) is 2.33. The molecule has 0 unspecified atom stereocenters. The van der Waals surface area contributed by atoms with Gasteiger partial charge in [0, 0.05) is 57.2 Å². The minimum atomic E-state index is -0.222. The van der Waals surface area contributed by atoms with Crippen molar-refractivity contribution in [1.82, 2.24) is 14.9 Å². The highest BCUT2D eigenvalue weighted by atomic mass is 16.1. The molecule has 7 heteroatoms. The van der Waals surface area contributed by atoms with Crippen LogP contribution < -0.4 is 15.1 Å². The van der Waals surface area contributed by atoms with Gasteiger partial charge in [-0.15, -0.1) is 0 Å². The van der Waals surface area contributed by atoms with Gasteiger partial charge in [-0.1, -0.05) is 13.3 Å². The molecule has 1 fully saturated rings. The molecule has 1 saturated heterocycles. The van der Waals surface area contributed by atoms with Crippen molar-refractivity contribution >= 4 is 23.1 Å². The third-order valence-electron chi connectivity index (χ3n) is 5.12. The zero-order chi connectivity index (χ0) is 19.9. The molecule has 2 heterocycles. The summed E-state index contributed by atoms with van der Waals surface area (Å²) in [6.07, 6.45) is 3.65. The number of unbranched alkanes of at least 4 members (excludes halogenated alkanes) is 1. The second-order valence-corrected chi connectivity index (χ2v) is 7.33. The van der Waals surface area contributed by atoms with Crippen LogP contribution in [0.15, 0.2) is 36.7 Å². The molecular weight excluding hydrogens is 352 g/mol. The minimum Gasteiger partial charge on any atom is -0.369 e. The van der Waals surface area contributed by atoms with Crippen LogP contribution in [0.5, 0.6) is 0 Å². The van der Waals surface area contributed by atoms with E-state index in [4.69, 9.17) is 0 Å². The Morgan fingerprint density at radius 1 is 1.14 bits per heavy atom. The van der Waals surface area contributed by atoms with Crippen LogP contribution in [-0.4, -0.2) is 67.6 Å². The Morgan fingerprint density at radius 2 is 1.86 bits per heavy atom. The lowest BCUT2D eigenvalue weighted by atomic mass is 10.2. The molecule has 0 radical (unpaired) electrons. The Hall–Kier alpha value is -2.67. The molecule has 1 amide bonds. The first-order valence-corrected chi connectivity index (χ1v) is 9.95. The lowest BCUT2D eigenvalue weighted by Crippen LogP contribution is -2.44. The van der Waals surface area contributed by atoms with Crippen molar-refractivity contribution in [1.29, 1.82) is 0 Å². The van der Waals surface area contributed by atoms with Crippen LogP contribution in [0.2, 0.25) is 0 Å². The summed E-state index contributed by atoms with van der Waals surface area (Å²) in [6, 6.07) is 9.75. The zero-order valence-corrected chi connectivity index (χ0v) is 17.1. The molecule has 0 saturated carbocycles. The molecule has 1 N–H and O–H groups in total. The van der Waals surface area contributed by atoms with E-state index in [1.165, 1.54) is 12.0 Å². The number of anilines is 3. The van der Waals surface area contributed by atoms with E-state index in [1.54, 1.807) is 6.07 Å². The van der Waals surface area contributed by atoms with Crippen LogP contribution in [0.1, 0.15) is 30.3 Å². The fraction of sp³-hybridized carbons (Fsp3) is 0.476. The van der Waals surface area contributed by atoms with Gasteiger partial charge in [0.2, 0.25) is 0 Å². The largest absolute Gasteiger partial charge is 0.369 e. The van der Waals surface area contributed by atoms with Gasteiger partial charge in [-0.05, 0) is 37.7 Å². The van der Waals surface area contributed by atoms with Gasteiger partial charge < -0.3 is 20.0 Å². The quantitative estimate of drug-likeness (QED) is 0.794. The van der Waals surface area contributed by atoms with Crippen molar-refractivity contribution in [3.05, 3.63) is 42.4 Å². The lowest BCUT2D eigenvalue weighted by molar-refractivity contribution is 0.102. The molecule has 7 nitrogen and oxygen atoms in total. The van der Waals surface area contributed by atoms with Crippen molar-refractivity contribution in [3.63, 3.8) is 0 Å². The Labute approximate surface area is 167 Å². The normalized spacial score (nSPS) is 14.8. The monoisotopic (exact) mass is 382 g/mol. The highest BCUT2D eigenvalue weighted by Gasteiger charge is 2.15. The summed E-state index contributed by atoms with van der Waals surface area (Å²) >= 11 is 0. The van der Waals surface area contributed by atoms with E-state index >= 15 is 0 Å². The molecule has 2 aromatic rings. The number of nitrogens with zero attached hydrogens (tertiary/aromatic N) is 5. The topological polar surface area (TPSA) is 64.6 Å². The number of hydrogen-bond donors (Lipinski definition) is 1. The number of rotatable bonds is 7. The second-order valence-electron chi connectivity index (χ2n) is 7.33. The smallest absolute Gasteiger partial charge is 0.274 e. The maximum Gasteiger partial charge on any atom is 0.274 e. The Kier molecular flexibility index (Phi) is 6.81. The van der Waals surface area contributed by atoms with Gasteiger partial charge in [0.25, 0.3) is 5.91 Å². The molecular formula is C21H30N6O. The number of aromatic nitrogens is 2. The molecule has 28 heavy (non-hydrogen) atoms. The maximum absolute atomic E-state index is 12.6. The first-order valence-electron chi connectivity index (χ1n) is 9.95. The van der Waals surface area contributed by atoms with Crippen molar-refractivity contribution in [2.45, 2.75) is 19.8 Å². The van der Waals surface area contributed by atoms with Crippen LogP contribution in [0.3, 0.4) is 0 Å². The van der Waals surface area contributed by atoms with Crippen molar-refractivity contribution in [2.24, 2.45) is 0 Å². The molecule has 0 spiro atoms. The summed E-state index contributed by atoms with van der Waals surface area (Å²) in [7, 11) is 4.13. The zero-order valence-electron chi connectivity index (χ0n) is 17.1. The van der Waals surface area contributed by atoms with E-state index in [0.29, 0.717) is 5.69 Å². The number of nitrogens with one attached hydrogen (secondary N) is 1. The number of likely N-dealkylation sites (N-methyl/N-ethyl adjacent to an activating group) is 1. The van der Waals surface area contributed by atoms with Gasteiger partial charge in [0.1, 0.15) is 17.8 Å². The third kappa shape index (κ3) is 5.19. The van der Waals surface area contributed by atoms with Gasteiger partial charge in [0.15, 0.2) is 0 Å². The van der Waals surface area contributed by atoms with Crippen molar-refractivity contribution < 1.29 is 4.79 Å². The van der Waals surface area contributed by atoms with Gasteiger partial charge in [-0.25, -0.2) is 9.97 Å². The van der Waals surface area contributed by atoms with Gasteiger partial charge >= 0.3 is 0 Å². The average molecular weight is 383 g/mol. The number of benzene rings is 1. The molecule has 0 atom stereocenters. The van der Waals surface area contributed by atoms with E-state index in [1.807, 2.05) is 24.1 Å². The first kappa shape index (κ1) is 20.1. The van der Waals surface area contributed by atoms with E-state index in [9.17, 15) is 4.79 Å². The van der Waals surface area contributed by atoms with Crippen LogP contribution >= 0.6 is 0 Å². The number of carbonyl (C=O) groups excluding carboxylic acids is 1. The summed E-state index contributed by atoms with van der Waals surface area (Å²) in [6.45, 7) is 7.25. The van der Waals surface area contributed by atoms with E-state index in [2.05, 4.69) is 51.2 Å². The third-order valence-corrected chi connectivity index (χ3v) is 5.12. The Morgan fingerprint density at radius 3 is 2.54 bits per heavy atom. The summed E-state index contributed by atoms with van der Waals surface area (Å²) < 4.78 is 0. The van der Waals surface area contributed by atoms with Crippen molar-refractivity contribution in [3.8, 4) is 0 Å². The fourth-order valence-corrected chi connectivity index (χ4v) is 3.21. The van der Waals surface area contributed by atoms with Crippen LogP contribution in [0.4, 0.5) is 17.2 Å². The predicted octanol–water partition coefficient (Wildman–Crippen LogP) is 2.72. The Bertz CT molecular complexity index is 771. The summed E-state index contributed by atoms with van der Waals surface area (Å²) in [5, 5.41) is 2.93. The molecule has 1 aromatic heterocycles. The van der Waals surface area contributed by atoms with E-state index in [0.717, 1.165) is 57.1 Å². The number of hydrogen-bond acceptors (Lipinski definition) is 6. The number of carbonyl (C=O) groups is 1. The van der Waals surface area contributed by atoms with Crippen LogP contribution in [0.25, 0.3) is 0 Å². The second kappa shape index (κ2) is 9.50. The van der Waals surface area contributed by atoms with Crippen molar-refractivity contribution in [2.75, 3.05) is 61.9 Å². The van der Waals surface area contributed by atoms with E-state index in [-0.39, 0.29) is 5.91 Å². The molecule has 0 bridgehead atoms. The van der Waals surface area contributed by atoms with Crippen LogP contribution in [0, 0.1) is 0 Å². The molecule has 1 aromatic carbocycles. The number of piperazine rings is 1. The first-order chi connectivity index (χ1) is 13.6. The average Bonchev–Trinajstić information content (AvgIpc) is 2.73. The highest BCUT2D eigenvalue weighted by Crippen LogP contribution is 2.20. The molecule has 1 aliphatic heterocycles. The molecule has 0 aliphatic carbocycles. The lowest BCUT2D eigenvalue weighted by Gasteiger charge is -2.34. The summed E-state index contributed by atoms with van der Waals surface area (Å²) in [4.78, 5) is 27.8. The predicted molar refractivity (Wildman–Crippen MR) is 114 cm³/mol. The van der Waals surface area contributed by atoms with Gasteiger partial charge in [-0.2, -0.15) is 0 Å². The van der Waals surface area contributed by atoms with Crippen LogP contribution in [-0.2, 0) is 0 Å². The molecule has 150 valence electrons. The fourth-order valence-electron chi connectivity index (χ4n) is 3.21. The van der Waals surface area contributed by atoms with Gasteiger partial charge in [-0.3, -0.25) is 4.79 Å². The molecule has 3 rings (SSSR count). The SMILES string of the molecule is CCCCN(C)c1cc(C(=O)Nc2ccc(N3CCN(C)CC3)cc2)ncn1. The van der Waals surface area contributed by atoms with E-state index < -0.39 is 0 Å². The highest BCUT2D eigenvalue weighted by molar-refractivity contribution is 6.03. The minimum absolute atomic E-state index is 0.222.